The van der Waals surface area contributed by atoms with Gasteiger partial charge in [0, 0.05) is 6.20 Å². The van der Waals surface area contributed by atoms with E-state index in [1.807, 2.05) is 0 Å². The van der Waals surface area contributed by atoms with Gasteiger partial charge in [0.25, 0.3) is 5.91 Å². The first-order valence-corrected chi connectivity index (χ1v) is 6.81. The SMILES string of the molecule is O=C(O)c1ccc2sc(NC(=O)c3ccccn3)nc2c1. The Morgan fingerprint density at radius 3 is 2.76 bits per heavy atom. The maximum absolute atomic E-state index is 12.0. The number of nitrogens with zero attached hydrogens (tertiary/aromatic N) is 2. The van der Waals surface area contributed by atoms with Crippen LogP contribution in [0.15, 0.2) is 42.6 Å². The molecular weight excluding hydrogens is 290 g/mol. The van der Waals surface area contributed by atoms with Crippen LogP contribution in [0.4, 0.5) is 5.13 Å². The highest BCUT2D eigenvalue weighted by Crippen LogP contribution is 2.26. The Morgan fingerprint density at radius 1 is 1.19 bits per heavy atom. The van der Waals surface area contributed by atoms with Gasteiger partial charge in [0.15, 0.2) is 5.13 Å². The highest BCUT2D eigenvalue weighted by atomic mass is 32.1. The molecule has 2 heterocycles. The summed E-state index contributed by atoms with van der Waals surface area (Å²) in [5.41, 5.74) is 0.995. The van der Waals surface area contributed by atoms with E-state index in [1.54, 1.807) is 24.3 Å². The lowest BCUT2D eigenvalue weighted by Gasteiger charge is -1.99. The molecule has 1 aromatic carbocycles. The molecule has 0 radical (unpaired) electrons. The highest BCUT2D eigenvalue weighted by Gasteiger charge is 2.12. The molecule has 0 saturated heterocycles. The van der Waals surface area contributed by atoms with Gasteiger partial charge in [-0.25, -0.2) is 9.78 Å². The topological polar surface area (TPSA) is 92.2 Å². The van der Waals surface area contributed by atoms with E-state index in [2.05, 4.69) is 15.3 Å². The number of rotatable bonds is 3. The van der Waals surface area contributed by atoms with Crippen LogP contribution >= 0.6 is 11.3 Å². The summed E-state index contributed by atoms with van der Waals surface area (Å²) in [4.78, 5) is 31.0. The molecule has 0 saturated carbocycles. The van der Waals surface area contributed by atoms with Gasteiger partial charge in [0.1, 0.15) is 5.69 Å². The molecule has 2 N–H and O–H groups in total. The van der Waals surface area contributed by atoms with Gasteiger partial charge in [0.05, 0.1) is 15.8 Å². The highest BCUT2D eigenvalue weighted by molar-refractivity contribution is 7.22. The fourth-order valence-electron chi connectivity index (χ4n) is 1.77. The van der Waals surface area contributed by atoms with Crippen molar-refractivity contribution in [3.8, 4) is 0 Å². The number of carbonyl (C=O) groups is 2. The second kappa shape index (κ2) is 5.29. The number of thiazole rings is 1. The van der Waals surface area contributed by atoms with E-state index in [0.29, 0.717) is 16.3 Å². The fraction of sp³-hybridized carbons (Fsp3) is 0. The Kier molecular flexibility index (Phi) is 3.33. The number of carbonyl (C=O) groups excluding carboxylic acids is 1. The largest absolute Gasteiger partial charge is 0.478 e. The predicted octanol–water partition coefficient (Wildman–Crippen LogP) is 2.64. The number of aromatic nitrogens is 2. The molecule has 7 heteroatoms. The third kappa shape index (κ3) is 2.72. The number of fused-ring (bicyclic) bond motifs is 1. The number of nitrogens with one attached hydrogen (secondary N) is 1. The van der Waals surface area contributed by atoms with E-state index in [0.717, 1.165) is 4.70 Å². The van der Waals surface area contributed by atoms with Gasteiger partial charge in [-0.3, -0.25) is 15.1 Å². The Hall–Kier alpha value is -2.80. The van der Waals surface area contributed by atoms with Gasteiger partial charge in [-0.15, -0.1) is 0 Å². The van der Waals surface area contributed by atoms with Crippen LogP contribution in [-0.4, -0.2) is 27.0 Å². The van der Waals surface area contributed by atoms with Crippen LogP contribution in [-0.2, 0) is 0 Å². The van der Waals surface area contributed by atoms with Gasteiger partial charge in [-0.05, 0) is 30.3 Å². The van der Waals surface area contributed by atoms with Crippen LogP contribution in [0, 0.1) is 0 Å². The molecule has 3 aromatic rings. The van der Waals surface area contributed by atoms with Crippen LogP contribution in [0.25, 0.3) is 10.2 Å². The summed E-state index contributed by atoms with van der Waals surface area (Å²) < 4.78 is 0.802. The van der Waals surface area contributed by atoms with Crippen LogP contribution in [0.3, 0.4) is 0 Å². The zero-order chi connectivity index (χ0) is 14.8. The molecule has 0 aliphatic heterocycles. The summed E-state index contributed by atoms with van der Waals surface area (Å²) in [6.07, 6.45) is 1.53. The lowest BCUT2D eigenvalue weighted by Crippen LogP contribution is -2.12. The minimum Gasteiger partial charge on any atom is -0.478 e. The number of pyridine rings is 1. The first-order chi connectivity index (χ1) is 10.1. The minimum atomic E-state index is -1.01. The standard InChI is InChI=1S/C14H9N3O3S/c18-12(9-3-1-2-6-15-9)17-14-16-10-7-8(13(19)20)4-5-11(10)21-14/h1-7H,(H,19,20)(H,16,17,18). The first kappa shape index (κ1) is 13.2. The number of hydrogen-bond donors (Lipinski definition) is 2. The Labute approximate surface area is 123 Å². The number of anilines is 1. The normalized spacial score (nSPS) is 10.5. The molecule has 0 aliphatic rings. The molecule has 0 bridgehead atoms. The molecule has 21 heavy (non-hydrogen) atoms. The molecule has 3 rings (SSSR count). The Morgan fingerprint density at radius 2 is 2.05 bits per heavy atom. The zero-order valence-corrected chi connectivity index (χ0v) is 11.4. The summed E-state index contributed by atoms with van der Waals surface area (Å²) in [6, 6.07) is 9.71. The molecule has 0 aliphatic carbocycles. The summed E-state index contributed by atoms with van der Waals surface area (Å²) in [6.45, 7) is 0. The van der Waals surface area contributed by atoms with Crippen molar-refractivity contribution in [3.05, 3.63) is 53.9 Å². The molecular formula is C14H9N3O3S. The number of carboxylic acid groups (broad SMARTS) is 1. The molecule has 2 aromatic heterocycles. The zero-order valence-electron chi connectivity index (χ0n) is 10.6. The first-order valence-electron chi connectivity index (χ1n) is 6.00. The van der Waals surface area contributed by atoms with Gasteiger partial charge in [-0.2, -0.15) is 0 Å². The second-order valence-corrected chi connectivity index (χ2v) is 5.21. The lowest BCUT2D eigenvalue weighted by molar-refractivity contribution is 0.0697. The van der Waals surface area contributed by atoms with E-state index in [-0.39, 0.29) is 11.5 Å². The maximum Gasteiger partial charge on any atom is 0.335 e. The van der Waals surface area contributed by atoms with Crippen molar-refractivity contribution in [2.45, 2.75) is 0 Å². The van der Waals surface area contributed by atoms with Crippen LogP contribution in [0.1, 0.15) is 20.8 Å². The van der Waals surface area contributed by atoms with E-state index in [1.165, 1.54) is 29.7 Å². The van der Waals surface area contributed by atoms with Crippen molar-refractivity contribution < 1.29 is 14.7 Å². The molecule has 0 atom stereocenters. The second-order valence-electron chi connectivity index (χ2n) is 4.18. The summed E-state index contributed by atoms with van der Waals surface area (Å²) in [5.74, 6) is -1.36. The van der Waals surface area contributed by atoms with Gasteiger partial charge < -0.3 is 5.11 Å². The van der Waals surface area contributed by atoms with Gasteiger partial charge in [0.2, 0.25) is 0 Å². The fourth-order valence-corrected chi connectivity index (χ4v) is 2.61. The monoisotopic (exact) mass is 299 g/mol. The van der Waals surface area contributed by atoms with Gasteiger partial charge >= 0.3 is 5.97 Å². The minimum absolute atomic E-state index is 0.162. The molecule has 0 spiro atoms. The molecule has 1 amide bonds. The van der Waals surface area contributed by atoms with Crippen LogP contribution in [0.2, 0.25) is 0 Å². The van der Waals surface area contributed by atoms with Crippen molar-refractivity contribution in [1.82, 2.24) is 9.97 Å². The Balaban J connectivity index is 1.88. The van der Waals surface area contributed by atoms with Crippen molar-refractivity contribution in [2.75, 3.05) is 5.32 Å². The Bertz CT molecular complexity index is 830. The van der Waals surface area contributed by atoms with Crippen molar-refractivity contribution >= 4 is 38.6 Å². The lowest BCUT2D eigenvalue weighted by atomic mass is 10.2. The number of benzene rings is 1. The van der Waals surface area contributed by atoms with E-state index < -0.39 is 5.97 Å². The summed E-state index contributed by atoms with van der Waals surface area (Å²) >= 11 is 1.28. The van der Waals surface area contributed by atoms with Crippen molar-refractivity contribution in [1.29, 1.82) is 0 Å². The number of aromatic carboxylic acids is 1. The molecule has 104 valence electrons. The average molecular weight is 299 g/mol. The van der Waals surface area contributed by atoms with Crippen molar-refractivity contribution in [3.63, 3.8) is 0 Å². The summed E-state index contributed by atoms with van der Waals surface area (Å²) in [5, 5.41) is 12.0. The van der Waals surface area contributed by atoms with Crippen molar-refractivity contribution in [2.24, 2.45) is 0 Å². The molecule has 0 fully saturated rings. The number of hydrogen-bond acceptors (Lipinski definition) is 5. The summed E-state index contributed by atoms with van der Waals surface area (Å²) in [7, 11) is 0. The number of amides is 1. The van der Waals surface area contributed by atoms with Crippen LogP contribution < -0.4 is 5.32 Å². The van der Waals surface area contributed by atoms with E-state index in [9.17, 15) is 9.59 Å². The molecule has 0 unspecified atom stereocenters. The quantitative estimate of drug-likeness (QED) is 0.775. The predicted molar refractivity (Wildman–Crippen MR) is 78.8 cm³/mol. The maximum atomic E-state index is 12.0. The third-order valence-corrected chi connectivity index (χ3v) is 3.70. The van der Waals surface area contributed by atoms with Gasteiger partial charge in [-0.1, -0.05) is 17.4 Å². The number of carboxylic acids is 1. The average Bonchev–Trinajstić information content (AvgIpc) is 2.89. The van der Waals surface area contributed by atoms with E-state index >= 15 is 0 Å². The van der Waals surface area contributed by atoms with Crippen LogP contribution in [0.5, 0.6) is 0 Å². The van der Waals surface area contributed by atoms with E-state index in [4.69, 9.17) is 5.11 Å². The smallest absolute Gasteiger partial charge is 0.335 e. The third-order valence-electron chi connectivity index (χ3n) is 2.75. The molecule has 6 nitrogen and oxygen atoms in total.